The van der Waals surface area contributed by atoms with Crippen molar-refractivity contribution in [3.63, 3.8) is 0 Å². The van der Waals surface area contributed by atoms with Crippen LogP contribution < -0.4 is 4.90 Å². The molecule has 1 aliphatic carbocycles. The minimum absolute atomic E-state index is 0.0835. The average molecular weight is 232 g/mol. The largest absolute Gasteiger partial charge is 0.504 e. The van der Waals surface area contributed by atoms with Crippen molar-refractivity contribution in [2.45, 2.75) is 12.8 Å². The molecule has 17 heavy (non-hydrogen) atoms. The highest BCUT2D eigenvalue weighted by Gasteiger charge is 2.33. The van der Waals surface area contributed by atoms with E-state index in [1.165, 1.54) is 21.8 Å². The molecule has 2 heterocycles. The Morgan fingerprint density at radius 2 is 2.29 bits per heavy atom. The molecule has 3 rings (SSSR count). The first-order valence-corrected chi connectivity index (χ1v) is 5.47. The van der Waals surface area contributed by atoms with Gasteiger partial charge in [0.2, 0.25) is 5.91 Å². The van der Waals surface area contributed by atoms with Crippen molar-refractivity contribution in [1.29, 1.82) is 0 Å². The Morgan fingerprint density at radius 1 is 1.53 bits per heavy atom. The number of amides is 1. The van der Waals surface area contributed by atoms with Crippen molar-refractivity contribution in [2.24, 2.45) is 5.92 Å². The lowest BCUT2D eigenvalue weighted by atomic mass is 10.3. The fraction of sp³-hybridized carbons (Fsp3) is 0.364. The third kappa shape index (κ3) is 1.61. The minimum atomic E-state index is 0.0835. The molecule has 2 aromatic rings. The molecule has 0 spiro atoms. The zero-order valence-corrected chi connectivity index (χ0v) is 9.37. The first kappa shape index (κ1) is 10.1. The Labute approximate surface area is 97.5 Å². The summed E-state index contributed by atoms with van der Waals surface area (Å²) in [5, 5.41) is 13.4. The summed E-state index contributed by atoms with van der Waals surface area (Å²) in [5.74, 6) is 0.870. The van der Waals surface area contributed by atoms with Crippen LogP contribution in [-0.2, 0) is 4.79 Å². The van der Waals surface area contributed by atoms with Crippen LogP contribution in [0.5, 0.6) is 5.75 Å². The van der Waals surface area contributed by atoms with E-state index in [4.69, 9.17) is 0 Å². The van der Waals surface area contributed by atoms with Gasteiger partial charge in [-0.2, -0.15) is 5.10 Å². The maximum Gasteiger partial charge on any atom is 0.231 e. The second kappa shape index (κ2) is 3.44. The summed E-state index contributed by atoms with van der Waals surface area (Å²) in [7, 11) is 1.71. The predicted molar refractivity (Wildman–Crippen MR) is 60.8 cm³/mol. The standard InChI is InChI=1S/C11H12N4O2/c1-14(11(17)7-2-3-7)10-6-15-8(4-12-10)9(16)5-13-15/h4-7,16H,2-3H2,1H3. The number of carbonyl (C=O) groups is 1. The van der Waals surface area contributed by atoms with Gasteiger partial charge < -0.3 is 5.11 Å². The highest BCUT2D eigenvalue weighted by atomic mass is 16.3. The van der Waals surface area contributed by atoms with Gasteiger partial charge in [-0.15, -0.1) is 0 Å². The van der Waals surface area contributed by atoms with Crippen molar-refractivity contribution in [3.05, 3.63) is 18.6 Å². The summed E-state index contributed by atoms with van der Waals surface area (Å²) in [5.41, 5.74) is 0.529. The number of fused-ring (bicyclic) bond motifs is 1. The van der Waals surface area contributed by atoms with Crippen LogP contribution in [0.1, 0.15) is 12.8 Å². The van der Waals surface area contributed by atoms with E-state index in [-0.39, 0.29) is 17.6 Å². The lowest BCUT2D eigenvalue weighted by molar-refractivity contribution is -0.119. The summed E-state index contributed by atoms with van der Waals surface area (Å²) in [6.45, 7) is 0. The van der Waals surface area contributed by atoms with Gasteiger partial charge in [-0.1, -0.05) is 0 Å². The zero-order chi connectivity index (χ0) is 12.0. The molecule has 0 aromatic carbocycles. The molecule has 2 aromatic heterocycles. The first-order valence-electron chi connectivity index (χ1n) is 5.47. The van der Waals surface area contributed by atoms with Crippen LogP contribution in [0.3, 0.4) is 0 Å². The molecule has 6 nitrogen and oxygen atoms in total. The molecule has 1 aliphatic rings. The van der Waals surface area contributed by atoms with Crippen LogP contribution in [0.2, 0.25) is 0 Å². The van der Waals surface area contributed by atoms with E-state index in [9.17, 15) is 9.90 Å². The lowest BCUT2D eigenvalue weighted by Gasteiger charge is -2.15. The van der Waals surface area contributed by atoms with Crippen LogP contribution in [0, 0.1) is 5.92 Å². The van der Waals surface area contributed by atoms with E-state index in [1.807, 2.05) is 0 Å². The van der Waals surface area contributed by atoms with Gasteiger partial charge in [0.1, 0.15) is 5.52 Å². The van der Waals surface area contributed by atoms with E-state index in [2.05, 4.69) is 10.1 Å². The van der Waals surface area contributed by atoms with E-state index in [0.717, 1.165) is 12.8 Å². The number of hydrogen-bond acceptors (Lipinski definition) is 4. The monoisotopic (exact) mass is 232 g/mol. The molecule has 0 unspecified atom stereocenters. The fourth-order valence-corrected chi connectivity index (χ4v) is 1.75. The van der Waals surface area contributed by atoms with Crippen LogP contribution in [0.4, 0.5) is 5.82 Å². The molecule has 0 atom stereocenters. The summed E-state index contributed by atoms with van der Waals surface area (Å²) in [6, 6.07) is 0. The smallest absolute Gasteiger partial charge is 0.231 e. The highest BCUT2D eigenvalue weighted by molar-refractivity contribution is 5.95. The van der Waals surface area contributed by atoms with Gasteiger partial charge in [-0.3, -0.25) is 9.69 Å². The summed E-state index contributed by atoms with van der Waals surface area (Å²) >= 11 is 0. The number of rotatable bonds is 2. The Hall–Kier alpha value is -2.11. The molecule has 88 valence electrons. The molecule has 0 bridgehead atoms. The fourth-order valence-electron chi connectivity index (χ4n) is 1.75. The molecule has 0 saturated heterocycles. The van der Waals surface area contributed by atoms with E-state index < -0.39 is 0 Å². The number of anilines is 1. The number of aromatic nitrogens is 3. The second-order valence-electron chi connectivity index (χ2n) is 4.28. The molecule has 1 amide bonds. The van der Waals surface area contributed by atoms with Gasteiger partial charge in [-0.05, 0) is 12.8 Å². The molecule has 1 N–H and O–H groups in total. The molecule has 1 fully saturated rings. The lowest BCUT2D eigenvalue weighted by Crippen LogP contribution is -2.28. The summed E-state index contributed by atoms with van der Waals surface area (Å²) in [6.07, 6.45) is 6.43. The molecule has 6 heteroatoms. The quantitative estimate of drug-likeness (QED) is 0.831. The zero-order valence-electron chi connectivity index (χ0n) is 9.37. The van der Waals surface area contributed by atoms with E-state index in [0.29, 0.717) is 11.3 Å². The summed E-state index contributed by atoms with van der Waals surface area (Å²) in [4.78, 5) is 17.5. The van der Waals surface area contributed by atoms with Crippen LogP contribution in [-0.4, -0.2) is 32.7 Å². The third-order valence-corrected chi connectivity index (χ3v) is 2.97. The highest BCUT2D eigenvalue weighted by Crippen LogP contribution is 2.31. The van der Waals surface area contributed by atoms with Crippen LogP contribution >= 0.6 is 0 Å². The van der Waals surface area contributed by atoms with Crippen molar-refractivity contribution >= 4 is 17.2 Å². The first-order chi connectivity index (χ1) is 8.16. The van der Waals surface area contributed by atoms with E-state index >= 15 is 0 Å². The molecule has 1 saturated carbocycles. The maximum atomic E-state index is 11.9. The van der Waals surface area contributed by atoms with Crippen LogP contribution in [0.25, 0.3) is 5.52 Å². The topological polar surface area (TPSA) is 70.7 Å². The van der Waals surface area contributed by atoms with Crippen molar-refractivity contribution in [1.82, 2.24) is 14.6 Å². The van der Waals surface area contributed by atoms with Gasteiger partial charge in [0.15, 0.2) is 11.6 Å². The Balaban J connectivity index is 1.96. The van der Waals surface area contributed by atoms with Gasteiger partial charge in [0.25, 0.3) is 0 Å². The van der Waals surface area contributed by atoms with Crippen molar-refractivity contribution < 1.29 is 9.90 Å². The van der Waals surface area contributed by atoms with Crippen molar-refractivity contribution in [2.75, 3.05) is 11.9 Å². The third-order valence-electron chi connectivity index (χ3n) is 2.97. The van der Waals surface area contributed by atoms with Gasteiger partial charge in [0.05, 0.1) is 18.6 Å². The number of hydrogen-bond donors (Lipinski definition) is 1. The van der Waals surface area contributed by atoms with Crippen molar-refractivity contribution in [3.8, 4) is 5.75 Å². The summed E-state index contributed by atoms with van der Waals surface area (Å²) < 4.78 is 1.51. The normalized spacial score (nSPS) is 15.1. The minimum Gasteiger partial charge on any atom is -0.504 e. The number of aromatic hydroxyl groups is 1. The Bertz CT molecular complexity index is 588. The number of nitrogens with zero attached hydrogens (tertiary/aromatic N) is 4. The molecular weight excluding hydrogens is 220 g/mol. The SMILES string of the molecule is CN(C(=O)C1CC1)c1cn2ncc(O)c2cn1. The predicted octanol–water partition coefficient (Wildman–Crippen LogP) is 0.808. The van der Waals surface area contributed by atoms with Gasteiger partial charge in [0, 0.05) is 13.0 Å². The Morgan fingerprint density at radius 3 is 3.00 bits per heavy atom. The van der Waals surface area contributed by atoms with Crippen LogP contribution in [0.15, 0.2) is 18.6 Å². The molecule has 0 radical (unpaired) electrons. The van der Waals surface area contributed by atoms with Gasteiger partial charge >= 0.3 is 0 Å². The average Bonchev–Trinajstić information content (AvgIpc) is 3.13. The van der Waals surface area contributed by atoms with E-state index in [1.54, 1.807) is 13.2 Å². The van der Waals surface area contributed by atoms with Gasteiger partial charge in [-0.25, -0.2) is 9.50 Å². The molecular formula is C11H12N4O2. The molecule has 0 aliphatic heterocycles. The Kier molecular flexibility index (Phi) is 2.04. The number of carbonyl (C=O) groups excluding carboxylic acids is 1. The second-order valence-corrected chi connectivity index (χ2v) is 4.28. The maximum absolute atomic E-state index is 11.9.